The van der Waals surface area contributed by atoms with Crippen molar-refractivity contribution in [2.24, 2.45) is 0 Å². The molecule has 0 radical (unpaired) electrons. The lowest BCUT2D eigenvalue weighted by molar-refractivity contribution is 1.01. The Hall–Kier alpha value is -8.86. The van der Waals surface area contributed by atoms with Gasteiger partial charge in [-0.05, 0) is 150 Å². The predicted molar refractivity (Wildman–Crippen MR) is 287 cm³/mol. The van der Waals surface area contributed by atoms with Gasteiger partial charge in [0, 0.05) is 10.8 Å². The van der Waals surface area contributed by atoms with Crippen LogP contribution in [0.2, 0.25) is 0 Å². The summed E-state index contributed by atoms with van der Waals surface area (Å²) < 4.78 is 4.68. The van der Waals surface area contributed by atoms with Crippen molar-refractivity contribution in [1.29, 1.82) is 0 Å². The number of fused-ring (bicyclic) bond motifs is 8. The molecule has 2 aromatic heterocycles. The summed E-state index contributed by atoms with van der Waals surface area (Å²) in [5.41, 5.74) is 13.6. The average molecular weight is 867 g/mol. The summed E-state index contributed by atoms with van der Waals surface area (Å²) in [6, 6.07) is 80.3. The molecule has 0 spiro atoms. The smallest absolute Gasteiger partial charge is 0.111 e. The molecule has 0 aliphatic heterocycles. The Morgan fingerprint density at radius 3 is 1.07 bits per heavy atom. The molecule has 68 heavy (non-hydrogen) atoms. The minimum absolute atomic E-state index is 0.945. The lowest BCUT2D eigenvalue weighted by atomic mass is 9.82. The van der Waals surface area contributed by atoms with Crippen LogP contribution in [0.25, 0.3) is 131 Å². The summed E-state index contributed by atoms with van der Waals surface area (Å²) in [6.45, 7) is 4.24. The molecule has 14 rings (SSSR count). The van der Waals surface area contributed by atoms with Gasteiger partial charge >= 0.3 is 0 Å². The van der Waals surface area contributed by atoms with Crippen LogP contribution in [0.5, 0.6) is 0 Å². The minimum Gasteiger partial charge on any atom is -0.296 e. The number of aromatic nitrogens is 4. The number of benzene rings is 12. The van der Waals surface area contributed by atoms with Crippen LogP contribution in [0.3, 0.4) is 0 Å². The van der Waals surface area contributed by atoms with E-state index < -0.39 is 0 Å². The maximum atomic E-state index is 5.10. The average Bonchev–Trinajstić information content (AvgIpc) is 3.91. The monoisotopic (exact) mass is 866 g/mol. The van der Waals surface area contributed by atoms with Crippen molar-refractivity contribution in [3.8, 4) is 44.8 Å². The van der Waals surface area contributed by atoms with Gasteiger partial charge in [-0.2, -0.15) is 0 Å². The Balaban J connectivity index is 1.20. The van der Waals surface area contributed by atoms with Gasteiger partial charge in [0.05, 0.1) is 33.4 Å². The van der Waals surface area contributed by atoms with E-state index in [2.05, 4.69) is 241 Å². The van der Waals surface area contributed by atoms with Crippen molar-refractivity contribution < 1.29 is 0 Å². The SMILES string of the molecule is Cc1nc2ccccc2n1-c1cccc2c(-c3c4cccc(-c5cccc6ccccc56)c4cc4c(-c5cccc6ccccc56)cccc34)c3cccc(-n4c(C)nc5ccccc54)c3cc12. The first-order valence-corrected chi connectivity index (χ1v) is 23.4. The van der Waals surface area contributed by atoms with E-state index in [1.165, 1.54) is 87.2 Å². The van der Waals surface area contributed by atoms with Crippen LogP contribution in [0.1, 0.15) is 11.6 Å². The summed E-state index contributed by atoms with van der Waals surface area (Å²) in [6.07, 6.45) is 0. The van der Waals surface area contributed by atoms with E-state index in [-0.39, 0.29) is 0 Å². The van der Waals surface area contributed by atoms with Gasteiger partial charge in [0.1, 0.15) is 11.6 Å². The van der Waals surface area contributed by atoms with E-state index in [1.54, 1.807) is 0 Å². The Bertz CT molecular complexity index is 4130. The quantitative estimate of drug-likeness (QED) is 0.162. The Kier molecular flexibility index (Phi) is 8.38. The topological polar surface area (TPSA) is 35.6 Å². The third kappa shape index (κ3) is 5.61. The standard InChI is InChI=1S/C64H42N4/c1-39-65-57-31-7-9-33-61(57)67(39)59-35-15-29-51-55(59)38-56-52(30-16-36-60(56)68-40(2)66-58-32-8-10-34-62(58)68)64(51)63-49-27-13-25-47(45-23-11-19-41-17-3-5-21-43(41)45)53(49)37-54-48(26-14-28-50(54)63)46-24-12-20-42-18-4-6-22-44(42)46/h3-38H,1-2H3. The molecular formula is C64H42N4. The van der Waals surface area contributed by atoms with Crippen molar-refractivity contribution in [2.75, 3.05) is 0 Å². The summed E-state index contributed by atoms with van der Waals surface area (Å²) in [5.74, 6) is 1.89. The summed E-state index contributed by atoms with van der Waals surface area (Å²) >= 11 is 0. The van der Waals surface area contributed by atoms with Crippen molar-refractivity contribution in [3.63, 3.8) is 0 Å². The number of imidazole rings is 2. The molecule has 0 aliphatic carbocycles. The summed E-state index contributed by atoms with van der Waals surface area (Å²) in [7, 11) is 0. The zero-order valence-corrected chi connectivity index (χ0v) is 37.6. The molecular weight excluding hydrogens is 825 g/mol. The van der Waals surface area contributed by atoms with Gasteiger partial charge in [0.2, 0.25) is 0 Å². The van der Waals surface area contributed by atoms with Gasteiger partial charge in [0.15, 0.2) is 0 Å². The third-order valence-electron chi connectivity index (χ3n) is 14.4. The molecule has 0 saturated heterocycles. The maximum absolute atomic E-state index is 5.10. The van der Waals surface area contributed by atoms with Crippen LogP contribution >= 0.6 is 0 Å². The van der Waals surface area contributed by atoms with Gasteiger partial charge in [-0.15, -0.1) is 0 Å². The van der Waals surface area contributed by atoms with E-state index in [9.17, 15) is 0 Å². The molecule has 0 unspecified atom stereocenters. The fourth-order valence-electron chi connectivity index (χ4n) is 11.5. The molecule has 2 heterocycles. The van der Waals surface area contributed by atoms with Crippen LogP contribution in [0.4, 0.5) is 0 Å². The van der Waals surface area contributed by atoms with Crippen molar-refractivity contribution in [1.82, 2.24) is 19.1 Å². The lowest BCUT2D eigenvalue weighted by Crippen LogP contribution is -2.02. The molecule has 4 nitrogen and oxygen atoms in total. The first-order chi connectivity index (χ1) is 33.6. The third-order valence-corrected chi connectivity index (χ3v) is 14.4. The zero-order valence-electron chi connectivity index (χ0n) is 37.6. The Labute approximate surface area is 392 Å². The zero-order chi connectivity index (χ0) is 45.0. The highest BCUT2D eigenvalue weighted by molar-refractivity contribution is 6.28. The highest BCUT2D eigenvalue weighted by Crippen LogP contribution is 2.50. The molecule has 4 heteroatoms. The van der Waals surface area contributed by atoms with Crippen LogP contribution in [-0.4, -0.2) is 19.1 Å². The molecule has 0 N–H and O–H groups in total. The second-order valence-electron chi connectivity index (χ2n) is 18.1. The molecule has 0 fully saturated rings. The van der Waals surface area contributed by atoms with Crippen molar-refractivity contribution in [3.05, 3.63) is 230 Å². The fraction of sp³-hybridized carbons (Fsp3) is 0.0312. The van der Waals surface area contributed by atoms with Gasteiger partial charge in [-0.3, -0.25) is 9.13 Å². The number of hydrogen-bond donors (Lipinski definition) is 0. The van der Waals surface area contributed by atoms with E-state index in [0.717, 1.165) is 55.9 Å². The minimum atomic E-state index is 0.945. The number of aryl methyl sites for hydroxylation is 2. The molecule has 0 bridgehead atoms. The number of nitrogens with zero attached hydrogens (tertiary/aromatic N) is 4. The maximum Gasteiger partial charge on any atom is 0.111 e. The molecule has 0 amide bonds. The molecule has 0 saturated carbocycles. The van der Waals surface area contributed by atoms with Crippen LogP contribution in [0, 0.1) is 13.8 Å². The van der Waals surface area contributed by atoms with E-state index in [4.69, 9.17) is 9.97 Å². The van der Waals surface area contributed by atoms with Gasteiger partial charge in [0.25, 0.3) is 0 Å². The van der Waals surface area contributed by atoms with Crippen molar-refractivity contribution in [2.45, 2.75) is 13.8 Å². The number of hydrogen-bond acceptors (Lipinski definition) is 2. The van der Waals surface area contributed by atoms with Crippen LogP contribution in [0.15, 0.2) is 218 Å². The molecule has 12 aromatic carbocycles. The fourth-order valence-corrected chi connectivity index (χ4v) is 11.5. The molecule has 0 atom stereocenters. The normalized spacial score (nSPS) is 12.0. The van der Waals surface area contributed by atoms with Crippen LogP contribution < -0.4 is 0 Å². The number of rotatable bonds is 5. The van der Waals surface area contributed by atoms with Gasteiger partial charge < -0.3 is 0 Å². The van der Waals surface area contributed by atoms with E-state index in [0.29, 0.717) is 0 Å². The largest absolute Gasteiger partial charge is 0.296 e. The summed E-state index contributed by atoms with van der Waals surface area (Å²) in [4.78, 5) is 10.2. The highest BCUT2D eigenvalue weighted by atomic mass is 15.1. The lowest BCUT2D eigenvalue weighted by Gasteiger charge is -2.22. The molecule has 318 valence electrons. The van der Waals surface area contributed by atoms with Crippen molar-refractivity contribution >= 4 is 86.7 Å². The first-order valence-electron chi connectivity index (χ1n) is 23.4. The highest BCUT2D eigenvalue weighted by Gasteiger charge is 2.24. The molecule has 14 aromatic rings. The second-order valence-corrected chi connectivity index (χ2v) is 18.1. The van der Waals surface area contributed by atoms with E-state index >= 15 is 0 Å². The van der Waals surface area contributed by atoms with Gasteiger partial charge in [-0.25, -0.2) is 9.97 Å². The van der Waals surface area contributed by atoms with Crippen LogP contribution in [-0.2, 0) is 0 Å². The van der Waals surface area contributed by atoms with Gasteiger partial charge in [-0.1, -0.05) is 170 Å². The second kappa shape index (κ2) is 14.8. The molecule has 0 aliphatic rings. The predicted octanol–water partition coefficient (Wildman–Crippen LogP) is 16.9. The Morgan fingerprint density at radius 2 is 0.603 bits per heavy atom. The first kappa shape index (κ1) is 38.4. The summed E-state index contributed by atoms with van der Waals surface area (Å²) in [5, 5.41) is 14.4. The Morgan fingerprint density at radius 1 is 0.279 bits per heavy atom. The number of para-hydroxylation sites is 4. The van der Waals surface area contributed by atoms with E-state index in [1.807, 2.05) is 0 Å².